The standard InChI is InChI=1S/C22H22FN7O2/c1-3-5-16-21-24-12-25-30(21)11-17(26-16)20-28-19(15(4-2)22(32)29-20)27-18(31)10-13-6-8-14(23)9-7-13/h6-9,11-12H,3-5,10H2,1-2H3,(H2,27,28,29,31,32). The largest absolute Gasteiger partial charge is 0.310 e. The van der Waals surface area contributed by atoms with Crippen molar-refractivity contribution in [1.82, 2.24) is 29.5 Å². The van der Waals surface area contributed by atoms with Gasteiger partial charge in [0, 0.05) is 0 Å². The highest BCUT2D eigenvalue weighted by Gasteiger charge is 2.17. The van der Waals surface area contributed by atoms with E-state index in [1.807, 2.05) is 6.92 Å². The van der Waals surface area contributed by atoms with Crippen LogP contribution in [-0.4, -0.2) is 35.5 Å². The lowest BCUT2D eigenvalue weighted by Crippen LogP contribution is -2.23. The molecule has 0 aliphatic rings. The van der Waals surface area contributed by atoms with Gasteiger partial charge in [0.25, 0.3) is 5.56 Å². The maximum Gasteiger partial charge on any atom is 0.256 e. The SMILES string of the molecule is CCCc1nc(-c2nc(NC(=O)Cc3ccc(F)cc3)c(CC)c(=O)[nH]2)cn2ncnc12. The number of halogens is 1. The maximum atomic E-state index is 13.1. The quantitative estimate of drug-likeness (QED) is 0.461. The van der Waals surface area contributed by atoms with E-state index in [-0.39, 0.29) is 35.3 Å². The molecular weight excluding hydrogens is 413 g/mol. The number of nitrogens with one attached hydrogen (secondary N) is 2. The third kappa shape index (κ3) is 4.39. The Hall–Kier alpha value is -3.95. The van der Waals surface area contributed by atoms with Gasteiger partial charge in [0.2, 0.25) is 5.91 Å². The number of aryl methyl sites for hydroxylation is 1. The summed E-state index contributed by atoms with van der Waals surface area (Å²) in [6.45, 7) is 3.84. The van der Waals surface area contributed by atoms with Gasteiger partial charge < -0.3 is 10.3 Å². The van der Waals surface area contributed by atoms with Crippen LogP contribution >= 0.6 is 0 Å². The van der Waals surface area contributed by atoms with E-state index in [9.17, 15) is 14.0 Å². The van der Waals surface area contributed by atoms with Gasteiger partial charge >= 0.3 is 0 Å². The van der Waals surface area contributed by atoms with Gasteiger partial charge in [0.05, 0.1) is 23.9 Å². The molecule has 32 heavy (non-hydrogen) atoms. The van der Waals surface area contributed by atoms with Crippen molar-refractivity contribution in [2.24, 2.45) is 0 Å². The second-order valence-electron chi connectivity index (χ2n) is 7.30. The number of carbonyl (C=O) groups is 1. The second-order valence-corrected chi connectivity index (χ2v) is 7.30. The predicted molar refractivity (Wildman–Crippen MR) is 117 cm³/mol. The first-order valence-electron chi connectivity index (χ1n) is 10.4. The van der Waals surface area contributed by atoms with Gasteiger partial charge in [-0.2, -0.15) is 5.10 Å². The average molecular weight is 435 g/mol. The molecule has 0 unspecified atom stereocenters. The minimum Gasteiger partial charge on any atom is -0.310 e. The second kappa shape index (κ2) is 9.04. The van der Waals surface area contributed by atoms with Crippen LogP contribution in [-0.2, 0) is 24.1 Å². The summed E-state index contributed by atoms with van der Waals surface area (Å²) in [6.07, 6.45) is 5.03. The lowest BCUT2D eigenvalue weighted by Gasteiger charge is -2.11. The van der Waals surface area contributed by atoms with Gasteiger partial charge in [0.1, 0.15) is 23.7 Å². The Bertz CT molecular complexity index is 1330. The number of carbonyl (C=O) groups excluding carboxylic acids is 1. The van der Waals surface area contributed by atoms with Crippen molar-refractivity contribution in [3.63, 3.8) is 0 Å². The molecule has 4 rings (SSSR count). The molecule has 0 aliphatic carbocycles. The summed E-state index contributed by atoms with van der Waals surface area (Å²) in [5.41, 5.74) is 2.46. The Morgan fingerprint density at radius 1 is 1.19 bits per heavy atom. The Labute approximate surface area is 182 Å². The van der Waals surface area contributed by atoms with Crippen molar-refractivity contribution < 1.29 is 9.18 Å². The summed E-state index contributed by atoms with van der Waals surface area (Å²) >= 11 is 0. The zero-order valence-electron chi connectivity index (χ0n) is 17.7. The van der Waals surface area contributed by atoms with Crippen molar-refractivity contribution in [2.75, 3.05) is 5.32 Å². The van der Waals surface area contributed by atoms with Crippen molar-refractivity contribution in [3.05, 3.63) is 69.8 Å². The van der Waals surface area contributed by atoms with Crippen LogP contribution in [0.15, 0.2) is 41.6 Å². The van der Waals surface area contributed by atoms with Crippen molar-refractivity contribution in [1.29, 1.82) is 0 Å². The van der Waals surface area contributed by atoms with Gasteiger partial charge in [-0.15, -0.1) is 0 Å². The van der Waals surface area contributed by atoms with E-state index in [1.54, 1.807) is 29.8 Å². The molecule has 9 nitrogen and oxygen atoms in total. The molecule has 164 valence electrons. The summed E-state index contributed by atoms with van der Waals surface area (Å²) in [4.78, 5) is 41.4. The molecule has 1 aromatic carbocycles. The van der Waals surface area contributed by atoms with E-state index in [2.05, 4.69) is 30.4 Å². The number of nitrogens with zero attached hydrogens (tertiary/aromatic N) is 5. The molecule has 10 heteroatoms. The molecule has 2 N–H and O–H groups in total. The van der Waals surface area contributed by atoms with Crippen molar-refractivity contribution in [3.8, 4) is 11.5 Å². The van der Waals surface area contributed by atoms with Crippen molar-refractivity contribution in [2.45, 2.75) is 39.5 Å². The molecule has 0 radical (unpaired) electrons. The number of benzene rings is 1. The molecule has 3 aromatic heterocycles. The van der Waals surface area contributed by atoms with E-state index in [4.69, 9.17) is 0 Å². The zero-order chi connectivity index (χ0) is 22.7. The van der Waals surface area contributed by atoms with Crippen LogP contribution in [0.3, 0.4) is 0 Å². The molecular formula is C22H22FN7O2. The minimum absolute atomic E-state index is 0.0249. The number of anilines is 1. The van der Waals surface area contributed by atoms with Crippen LogP contribution in [0.1, 0.15) is 37.1 Å². The van der Waals surface area contributed by atoms with Crippen LogP contribution in [0.4, 0.5) is 10.2 Å². The Balaban J connectivity index is 1.69. The first kappa shape index (κ1) is 21.3. The van der Waals surface area contributed by atoms with Gasteiger partial charge in [-0.05, 0) is 30.5 Å². The molecule has 0 aliphatic heterocycles. The van der Waals surface area contributed by atoms with E-state index >= 15 is 0 Å². The van der Waals surface area contributed by atoms with E-state index in [0.717, 1.165) is 12.1 Å². The van der Waals surface area contributed by atoms with Crippen molar-refractivity contribution >= 4 is 17.4 Å². The Morgan fingerprint density at radius 3 is 2.69 bits per heavy atom. The number of hydrogen-bond acceptors (Lipinski definition) is 6. The maximum absolute atomic E-state index is 13.1. The lowest BCUT2D eigenvalue weighted by molar-refractivity contribution is -0.115. The molecule has 0 fully saturated rings. The molecule has 0 spiro atoms. The summed E-state index contributed by atoms with van der Waals surface area (Å²) in [7, 11) is 0. The van der Waals surface area contributed by atoms with E-state index < -0.39 is 0 Å². The zero-order valence-corrected chi connectivity index (χ0v) is 17.7. The van der Waals surface area contributed by atoms with E-state index in [1.165, 1.54) is 18.5 Å². The van der Waals surface area contributed by atoms with Crippen LogP contribution in [0.5, 0.6) is 0 Å². The van der Waals surface area contributed by atoms with Crippen LogP contribution in [0, 0.1) is 5.82 Å². The predicted octanol–water partition coefficient (Wildman–Crippen LogP) is 2.71. The number of H-pyrrole nitrogens is 1. The summed E-state index contributed by atoms with van der Waals surface area (Å²) in [5.74, 6) is -0.334. The highest BCUT2D eigenvalue weighted by molar-refractivity contribution is 5.92. The summed E-state index contributed by atoms with van der Waals surface area (Å²) in [6, 6.07) is 5.67. The highest BCUT2D eigenvalue weighted by atomic mass is 19.1. The molecule has 0 saturated carbocycles. The van der Waals surface area contributed by atoms with E-state index in [0.29, 0.717) is 35.3 Å². The number of rotatable bonds is 7. The van der Waals surface area contributed by atoms with Gasteiger partial charge in [0.15, 0.2) is 11.5 Å². The lowest BCUT2D eigenvalue weighted by atomic mass is 10.1. The summed E-state index contributed by atoms with van der Waals surface area (Å²) in [5, 5.41) is 6.90. The minimum atomic E-state index is -0.373. The summed E-state index contributed by atoms with van der Waals surface area (Å²) < 4.78 is 14.7. The first-order chi connectivity index (χ1) is 15.5. The number of aromatic amines is 1. The smallest absolute Gasteiger partial charge is 0.256 e. The third-order valence-corrected chi connectivity index (χ3v) is 4.97. The van der Waals surface area contributed by atoms with Gasteiger partial charge in [-0.1, -0.05) is 32.4 Å². The van der Waals surface area contributed by atoms with Crippen LogP contribution in [0.25, 0.3) is 17.2 Å². The topological polar surface area (TPSA) is 118 Å². The van der Waals surface area contributed by atoms with Gasteiger partial charge in [-0.3, -0.25) is 9.59 Å². The average Bonchev–Trinajstić information content (AvgIpc) is 3.24. The third-order valence-electron chi connectivity index (χ3n) is 4.97. The number of fused-ring (bicyclic) bond motifs is 1. The number of aromatic nitrogens is 6. The fraction of sp³-hybridized carbons (Fsp3) is 0.273. The molecule has 0 bridgehead atoms. The fourth-order valence-electron chi connectivity index (χ4n) is 3.42. The molecule has 1 amide bonds. The molecule has 0 saturated heterocycles. The van der Waals surface area contributed by atoms with Gasteiger partial charge in [-0.25, -0.2) is 23.9 Å². The monoisotopic (exact) mass is 435 g/mol. The Kier molecular flexibility index (Phi) is 6.02. The highest BCUT2D eigenvalue weighted by Crippen LogP contribution is 2.19. The number of hydrogen-bond donors (Lipinski definition) is 2. The fourth-order valence-corrected chi connectivity index (χ4v) is 3.42. The molecule has 0 atom stereocenters. The normalized spacial score (nSPS) is 11.1. The molecule has 3 heterocycles. The Morgan fingerprint density at radius 2 is 1.97 bits per heavy atom. The van der Waals surface area contributed by atoms with Crippen LogP contribution < -0.4 is 10.9 Å². The first-order valence-corrected chi connectivity index (χ1v) is 10.4. The molecule has 4 aromatic rings. The van der Waals surface area contributed by atoms with Crippen LogP contribution in [0.2, 0.25) is 0 Å². The number of amides is 1.